The van der Waals surface area contributed by atoms with Crippen LogP contribution in [0.1, 0.15) is 25.0 Å². The van der Waals surface area contributed by atoms with Gasteiger partial charge in [0.25, 0.3) is 0 Å². The van der Waals surface area contributed by atoms with Crippen LogP contribution in [0.2, 0.25) is 0 Å². The van der Waals surface area contributed by atoms with Crippen LogP contribution in [0, 0.1) is 11.7 Å². The maximum Gasteiger partial charge on any atom is 0.244 e. The van der Waals surface area contributed by atoms with Crippen LogP contribution in [-0.4, -0.2) is 16.8 Å². The summed E-state index contributed by atoms with van der Waals surface area (Å²) in [7, 11) is 0. The van der Waals surface area contributed by atoms with Gasteiger partial charge in [-0.25, -0.2) is 9.37 Å². The minimum Gasteiger partial charge on any atom is -0.273 e. The third-order valence-corrected chi connectivity index (χ3v) is 4.83. The van der Waals surface area contributed by atoms with Crippen LogP contribution in [0.5, 0.6) is 0 Å². The SMILES string of the molecule is O=C(Cc1csc(-c2ccc(F)cc2)n1)NNC(=O)C[C@@H]1C=CCC1. The molecule has 0 spiro atoms. The second-order valence-electron chi connectivity index (χ2n) is 5.89. The number of nitrogens with one attached hydrogen (secondary N) is 2. The van der Waals surface area contributed by atoms with Crippen molar-refractivity contribution in [3.8, 4) is 10.6 Å². The van der Waals surface area contributed by atoms with Crippen molar-refractivity contribution in [3.05, 3.63) is 53.3 Å². The molecule has 1 aromatic carbocycles. The van der Waals surface area contributed by atoms with Gasteiger partial charge in [0.1, 0.15) is 10.8 Å². The number of amides is 2. The number of carbonyl (C=O) groups is 2. The van der Waals surface area contributed by atoms with Gasteiger partial charge in [-0.05, 0) is 43.0 Å². The molecule has 2 amide bonds. The number of halogens is 1. The quantitative estimate of drug-likeness (QED) is 0.637. The van der Waals surface area contributed by atoms with Gasteiger partial charge in [0.15, 0.2) is 0 Å². The summed E-state index contributed by atoms with van der Waals surface area (Å²) in [6, 6.07) is 6.04. The van der Waals surface area contributed by atoms with Crippen LogP contribution >= 0.6 is 11.3 Å². The number of hydrogen-bond donors (Lipinski definition) is 2. The molecule has 1 heterocycles. The predicted molar refractivity (Wildman–Crippen MR) is 94.0 cm³/mol. The number of benzene rings is 1. The number of thiazole rings is 1. The van der Waals surface area contributed by atoms with Gasteiger partial charge >= 0.3 is 0 Å². The van der Waals surface area contributed by atoms with Crippen LogP contribution < -0.4 is 10.9 Å². The van der Waals surface area contributed by atoms with Crippen molar-refractivity contribution in [1.29, 1.82) is 0 Å². The Balaban J connectivity index is 1.47. The average molecular weight is 359 g/mol. The van der Waals surface area contributed by atoms with E-state index >= 15 is 0 Å². The van der Waals surface area contributed by atoms with Crippen molar-refractivity contribution >= 4 is 23.2 Å². The first-order valence-electron chi connectivity index (χ1n) is 8.05. The molecule has 1 aliphatic carbocycles. The van der Waals surface area contributed by atoms with Crippen molar-refractivity contribution in [3.63, 3.8) is 0 Å². The van der Waals surface area contributed by atoms with Crippen molar-refractivity contribution in [1.82, 2.24) is 15.8 Å². The molecule has 0 saturated heterocycles. The van der Waals surface area contributed by atoms with E-state index in [4.69, 9.17) is 0 Å². The third-order valence-electron chi connectivity index (χ3n) is 3.89. The Morgan fingerprint density at radius 2 is 1.96 bits per heavy atom. The molecule has 1 atom stereocenters. The Labute approximate surface area is 148 Å². The lowest BCUT2D eigenvalue weighted by Gasteiger charge is -2.09. The fourth-order valence-corrected chi connectivity index (χ4v) is 3.44. The molecule has 0 radical (unpaired) electrons. The van der Waals surface area contributed by atoms with Gasteiger partial charge in [0.2, 0.25) is 11.8 Å². The molecule has 0 saturated carbocycles. The summed E-state index contributed by atoms with van der Waals surface area (Å²) in [5.41, 5.74) is 6.26. The topological polar surface area (TPSA) is 71.1 Å². The zero-order valence-electron chi connectivity index (χ0n) is 13.5. The molecule has 0 unspecified atom stereocenters. The molecule has 3 rings (SSSR count). The summed E-state index contributed by atoms with van der Waals surface area (Å²) >= 11 is 1.39. The van der Waals surface area contributed by atoms with E-state index in [0.717, 1.165) is 23.4 Å². The van der Waals surface area contributed by atoms with E-state index in [1.165, 1.54) is 23.5 Å². The molecular weight excluding hydrogens is 341 g/mol. The normalized spacial score (nSPS) is 16.0. The smallest absolute Gasteiger partial charge is 0.244 e. The first-order chi connectivity index (χ1) is 12.1. The van der Waals surface area contributed by atoms with E-state index < -0.39 is 0 Å². The Bertz CT molecular complexity index is 786. The minimum absolute atomic E-state index is 0.0707. The summed E-state index contributed by atoms with van der Waals surface area (Å²) in [5, 5.41) is 2.50. The molecule has 5 nitrogen and oxygen atoms in total. The molecule has 1 aliphatic rings. The number of hydrogen-bond acceptors (Lipinski definition) is 4. The van der Waals surface area contributed by atoms with Crippen LogP contribution in [0.3, 0.4) is 0 Å². The molecule has 0 aliphatic heterocycles. The number of nitrogens with zero attached hydrogens (tertiary/aromatic N) is 1. The molecule has 2 aromatic rings. The number of carbonyl (C=O) groups excluding carboxylic acids is 2. The van der Waals surface area contributed by atoms with Gasteiger partial charge in [0, 0.05) is 17.4 Å². The van der Waals surface area contributed by atoms with Gasteiger partial charge in [-0.15, -0.1) is 11.3 Å². The summed E-state index contributed by atoms with van der Waals surface area (Å²) in [6.45, 7) is 0. The van der Waals surface area contributed by atoms with Crippen LogP contribution in [0.25, 0.3) is 10.6 Å². The van der Waals surface area contributed by atoms with Gasteiger partial charge in [-0.3, -0.25) is 20.4 Å². The fraction of sp³-hybridized carbons (Fsp3) is 0.278. The van der Waals surface area contributed by atoms with Gasteiger partial charge in [-0.2, -0.15) is 0 Å². The number of aromatic nitrogens is 1. The van der Waals surface area contributed by atoms with Crippen LogP contribution in [0.4, 0.5) is 4.39 Å². The van der Waals surface area contributed by atoms with E-state index in [-0.39, 0.29) is 30.0 Å². The summed E-state index contributed by atoms with van der Waals surface area (Å²) in [6.07, 6.45) is 6.53. The number of rotatable bonds is 5. The lowest BCUT2D eigenvalue weighted by atomic mass is 10.1. The van der Waals surface area contributed by atoms with Gasteiger partial charge in [0.05, 0.1) is 12.1 Å². The highest BCUT2D eigenvalue weighted by Crippen LogP contribution is 2.24. The second kappa shape index (κ2) is 8.02. The third kappa shape index (κ3) is 4.96. The number of hydrazine groups is 1. The Morgan fingerprint density at radius 1 is 1.20 bits per heavy atom. The highest BCUT2D eigenvalue weighted by Gasteiger charge is 2.15. The minimum atomic E-state index is -0.328. The standard InChI is InChI=1S/C18H18FN3O2S/c19-14-7-5-13(6-8-14)18-20-15(11-25-18)10-17(24)22-21-16(23)9-12-3-1-2-4-12/h1,3,5-8,11-12H,2,4,9-10H2,(H,21,23)(H,22,24)/t12-/m1/s1. The summed E-state index contributed by atoms with van der Waals surface area (Å²) < 4.78 is 12.9. The Morgan fingerprint density at radius 3 is 2.68 bits per heavy atom. The zero-order chi connectivity index (χ0) is 17.6. The maximum atomic E-state index is 12.9. The van der Waals surface area contributed by atoms with Crippen molar-refractivity contribution in [2.24, 2.45) is 5.92 Å². The first-order valence-corrected chi connectivity index (χ1v) is 8.93. The molecule has 2 N–H and O–H groups in total. The lowest BCUT2D eigenvalue weighted by molar-refractivity contribution is -0.128. The molecular formula is C18H18FN3O2S. The van der Waals surface area contributed by atoms with Crippen LogP contribution in [-0.2, 0) is 16.0 Å². The lowest BCUT2D eigenvalue weighted by Crippen LogP contribution is -2.42. The maximum absolute atomic E-state index is 12.9. The van der Waals surface area contributed by atoms with Gasteiger partial charge in [-0.1, -0.05) is 12.2 Å². The van der Waals surface area contributed by atoms with E-state index in [9.17, 15) is 14.0 Å². The highest BCUT2D eigenvalue weighted by molar-refractivity contribution is 7.13. The van der Waals surface area contributed by atoms with Crippen molar-refractivity contribution in [2.45, 2.75) is 25.7 Å². The molecule has 0 bridgehead atoms. The fourth-order valence-electron chi connectivity index (χ4n) is 2.62. The van der Waals surface area contributed by atoms with E-state index in [2.05, 4.69) is 21.9 Å². The van der Waals surface area contributed by atoms with Crippen molar-refractivity contribution < 1.29 is 14.0 Å². The van der Waals surface area contributed by atoms with Crippen LogP contribution in [0.15, 0.2) is 41.8 Å². The second-order valence-corrected chi connectivity index (χ2v) is 6.75. The predicted octanol–water partition coefficient (Wildman–Crippen LogP) is 3.00. The first kappa shape index (κ1) is 17.3. The summed E-state index contributed by atoms with van der Waals surface area (Å²) in [5.74, 6) is -0.570. The Kier molecular flexibility index (Phi) is 5.55. The van der Waals surface area contributed by atoms with Crippen molar-refractivity contribution in [2.75, 3.05) is 0 Å². The molecule has 0 fully saturated rings. The zero-order valence-corrected chi connectivity index (χ0v) is 14.3. The van der Waals surface area contributed by atoms with Gasteiger partial charge < -0.3 is 0 Å². The highest BCUT2D eigenvalue weighted by atomic mass is 32.1. The average Bonchev–Trinajstić information content (AvgIpc) is 3.26. The molecule has 25 heavy (non-hydrogen) atoms. The molecule has 130 valence electrons. The Hall–Kier alpha value is -2.54. The number of allylic oxidation sites excluding steroid dienone is 2. The monoisotopic (exact) mass is 359 g/mol. The van der Waals surface area contributed by atoms with E-state index in [1.807, 2.05) is 6.08 Å². The van der Waals surface area contributed by atoms with E-state index in [1.54, 1.807) is 17.5 Å². The van der Waals surface area contributed by atoms with E-state index in [0.29, 0.717) is 12.1 Å². The largest absolute Gasteiger partial charge is 0.273 e. The molecule has 7 heteroatoms. The summed E-state index contributed by atoms with van der Waals surface area (Å²) in [4.78, 5) is 28.1. The molecule has 1 aromatic heterocycles.